The molecular weight excluding hydrogens is 238 g/mol. The number of aromatic amines is 1. The Bertz CT molecular complexity index is 514. The SMILES string of the molecule is CCCC(CCN)CCc1nc2nc(N)ccc2[nH]1. The zero-order chi connectivity index (χ0) is 13.7. The Hall–Kier alpha value is -1.62. The van der Waals surface area contributed by atoms with Crippen LogP contribution in [-0.2, 0) is 6.42 Å². The summed E-state index contributed by atoms with van der Waals surface area (Å²) in [5.74, 6) is 2.20. The van der Waals surface area contributed by atoms with E-state index in [2.05, 4.69) is 21.9 Å². The fourth-order valence-corrected chi connectivity index (χ4v) is 2.49. The summed E-state index contributed by atoms with van der Waals surface area (Å²) in [5.41, 5.74) is 13.0. The molecule has 0 saturated carbocycles. The lowest BCUT2D eigenvalue weighted by Crippen LogP contribution is -2.10. The van der Waals surface area contributed by atoms with Crippen LogP contribution in [0.5, 0.6) is 0 Å². The van der Waals surface area contributed by atoms with E-state index in [0.717, 1.165) is 37.1 Å². The summed E-state index contributed by atoms with van der Waals surface area (Å²) >= 11 is 0. The number of hydrogen-bond acceptors (Lipinski definition) is 4. The fraction of sp³-hybridized carbons (Fsp3) is 0.571. The van der Waals surface area contributed by atoms with Crippen molar-refractivity contribution in [3.8, 4) is 0 Å². The lowest BCUT2D eigenvalue weighted by molar-refractivity contribution is 0.418. The van der Waals surface area contributed by atoms with Gasteiger partial charge < -0.3 is 16.5 Å². The molecule has 2 aromatic rings. The zero-order valence-corrected chi connectivity index (χ0v) is 11.5. The quantitative estimate of drug-likeness (QED) is 0.712. The number of aromatic nitrogens is 3. The summed E-state index contributed by atoms with van der Waals surface area (Å²) < 4.78 is 0. The molecule has 0 aliphatic heterocycles. The Kier molecular flexibility index (Phi) is 4.74. The van der Waals surface area contributed by atoms with Gasteiger partial charge in [-0.25, -0.2) is 9.97 Å². The van der Waals surface area contributed by atoms with E-state index in [4.69, 9.17) is 11.5 Å². The van der Waals surface area contributed by atoms with Crippen molar-refractivity contribution in [2.45, 2.75) is 39.0 Å². The molecule has 0 aliphatic rings. The van der Waals surface area contributed by atoms with Gasteiger partial charge in [-0.05, 0) is 37.4 Å². The molecule has 0 bridgehead atoms. The van der Waals surface area contributed by atoms with Crippen LogP contribution in [0.4, 0.5) is 5.82 Å². The Morgan fingerprint density at radius 3 is 2.79 bits per heavy atom. The van der Waals surface area contributed by atoms with Crippen molar-refractivity contribution >= 4 is 17.0 Å². The van der Waals surface area contributed by atoms with Crippen molar-refractivity contribution in [2.24, 2.45) is 11.7 Å². The van der Waals surface area contributed by atoms with Crippen LogP contribution in [0.1, 0.15) is 38.4 Å². The molecule has 5 N–H and O–H groups in total. The van der Waals surface area contributed by atoms with E-state index in [-0.39, 0.29) is 0 Å². The lowest BCUT2D eigenvalue weighted by atomic mass is 9.94. The highest BCUT2D eigenvalue weighted by molar-refractivity contribution is 5.72. The maximum atomic E-state index is 5.66. The highest BCUT2D eigenvalue weighted by Crippen LogP contribution is 2.18. The molecule has 0 saturated heterocycles. The minimum atomic E-state index is 0.512. The first-order valence-electron chi connectivity index (χ1n) is 7.04. The minimum Gasteiger partial charge on any atom is -0.384 e. The molecule has 0 radical (unpaired) electrons. The molecule has 0 aromatic carbocycles. The monoisotopic (exact) mass is 261 g/mol. The minimum absolute atomic E-state index is 0.512. The summed E-state index contributed by atoms with van der Waals surface area (Å²) in [7, 11) is 0. The molecule has 2 heterocycles. The van der Waals surface area contributed by atoms with Crippen molar-refractivity contribution in [2.75, 3.05) is 12.3 Å². The molecule has 2 aromatic heterocycles. The average Bonchev–Trinajstić information content (AvgIpc) is 2.78. The van der Waals surface area contributed by atoms with E-state index >= 15 is 0 Å². The third-order valence-corrected chi connectivity index (χ3v) is 3.48. The number of H-pyrrole nitrogens is 1. The normalized spacial score (nSPS) is 12.9. The smallest absolute Gasteiger partial charge is 0.179 e. The summed E-state index contributed by atoms with van der Waals surface area (Å²) in [6, 6.07) is 3.72. The van der Waals surface area contributed by atoms with Crippen LogP contribution >= 0.6 is 0 Å². The van der Waals surface area contributed by atoms with Gasteiger partial charge in [0.1, 0.15) is 11.6 Å². The maximum absolute atomic E-state index is 5.66. The predicted octanol–water partition coefficient (Wildman–Crippen LogP) is 2.24. The van der Waals surface area contributed by atoms with Gasteiger partial charge in [0.15, 0.2) is 5.65 Å². The molecule has 0 spiro atoms. The van der Waals surface area contributed by atoms with E-state index < -0.39 is 0 Å². The number of rotatable bonds is 7. The first-order valence-corrected chi connectivity index (χ1v) is 7.04. The number of imidazole rings is 1. The number of nitrogens with two attached hydrogens (primary N) is 2. The average molecular weight is 261 g/mol. The van der Waals surface area contributed by atoms with E-state index in [1.165, 1.54) is 12.8 Å². The van der Waals surface area contributed by atoms with Crippen molar-refractivity contribution in [1.29, 1.82) is 0 Å². The number of nitrogens with zero attached hydrogens (tertiary/aromatic N) is 2. The van der Waals surface area contributed by atoms with Gasteiger partial charge in [-0.1, -0.05) is 19.8 Å². The standard InChI is InChI=1S/C14H23N5/c1-2-3-10(8-9-15)4-7-13-17-11-5-6-12(16)18-14(11)19-13/h5-6,10H,2-4,7-9,15H2,1H3,(H3,16,17,18,19). The maximum Gasteiger partial charge on any atom is 0.179 e. The summed E-state index contributed by atoms with van der Waals surface area (Å²) in [6.45, 7) is 2.99. The molecule has 1 unspecified atom stereocenters. The molecule has 0 amide bonds. The Morgan fingerprint density at radius 1 is 1.21 bits per heavy atom. The molecule has 104 valence electrons. The second-order valence-corrected chi connectivity index (χ2v) is 5.06. The molecule has 2 rings (SSSR count). The number of aryl methyl sites for hydroxylation is 1. The number of anilines is 1. The Morgan fingerprint density at radius 2 is 2.05 bits per heavy atom. The second kappa shape index (κ2) is 6.52. The molecule has 5 nitrogen and oxygen atoms in total. The van der Waals surface area contributed by atoms with Crippen LogP contribution in [-0.4, -0.2) is 21.5 Å². The Labute approximate surface area is 113 Å². The van der Waals surface area contributed by atoms with Crippen molar-refractivity contribution < 1.29 is 0 Å². The van der Waals surface area contributed by atoms with Crippen molar-refractivity contribution in [3.63, 3.8) is 0 Å². The number of pyridine rings is 1. The van der Waals surface area contributed by atoms with E-state index in [1.807, 2.05) is 6.07 Å². The van der Waals surface area contributed by atoms with Crippen LogP contribution in [0.2, 0.25) is 0 Å². The van der Waals surface area contributed by atoms with Crippen molar-refractivity contribution in [3.05, 3.63) is 18.0 Å². The third kappa shape index (κ3) is 3.67. The van der Waals surface area contributed by atoms with Crippen LogP contribution in [0.15, 0.2) is 12.1 Å². The molecule has 1 atom stereocenters. The summed E-state index contributed by atoms with van der Waals surface area (Å²) in [6.07, 6.45) is 5.62. The van der Waals surface area contributed by atoms with Gasteiger partial charge in [0, 0.05) is 6.42 Å². The van der Waals surface area contributed by atoms with Gasteiger partial charge in [0.25, 0.3) is 0 Å². The zero-order valence-electron chi connectivity index (χ0n) is 11.5. The van der Waals surface area contributed by atoms with Gasteiger partial charge in [-0.15, -0.1) is 0 Å². The lowest BCUT2D eigenvalue weighted by Gasteiger charge is -2.13. The van der Waals surface area contributed by atoms with Gasteiger partial charge in [0.05, 0.1) is 5.52 Å². The van der Waals surface area contributed by atoms with Gasteiger partial charge in [0.2, 0.25) is 0 Å². The molecular formula is C14H23N5. The Balaban J connectivity index is 2.00. The molecule has 0 fully saturated rings. The van der Waals surface area contributed by atoms with Gasteiger partial charge in [-0.3, -0.25) is 0 Å². The topological polar surface area (TPSA) is 93.6 Å². The van der Waals surface area contributed by atoms with Gasteiger partial charge >= 0.3 is 0 Å². The fourth-order valence-electron chi connectivity index (χ4n) is 2.49. The van der Waals surface area contributed by atoms with Crippen LogP contribution in [0.25, 0.3) is 11.2 Å². The van der Waals surface area contributed by atoms with E-state index in [0.29, 0.717) is 17.4 Å². The van der Waals surface area contributed by atoms with Gasteiger partial charge in [-0.2, -0.15) is 0 Å². The van der Waals surface area contributed by atoms with Crippen LogP contribution in [0.3, 0.4) is 0 Å². The highest BCUT2D eigenvalue weighted by Gasteiger charge is 2.10. The summed E-state index contributed by atoms with van der Waals surface area (Å²) in [4.78, 5) is 12.0. The second-order valence-electron chi connectivity index (χ2n) is 5.06. The van der Waals surface area contributed by atoms with Crippen molar-refractivity contribution in [1.82, 2.24) is 15.0 Å². The number of hydrogen-bond donors (Lipinski definition) is 3. The number of nitrogens with one attached hydrogen (secondary N) is 1. The van der Waals surface area contributed by atoms with E-state index in [9.17, 15) is 0 Å². The predicted molar refractivity (Wildman–Crippen MR) is 78.7 cm³/mol. The highest BCUT2D eigenvalue weighted by atomic mass is 15.0. The molecule has 0 aliphatic carbocycles. The first-order chi connectivity index (χ1) is 9.22. The largest absolute Gasteiger partial charge is 0.384 e. The van der Waals surface area contributed by atoms with Crippen LogP contribution in [0, 0.1) is 5.92 Å². The third-order valence-electron chi connectivity index (χ3n) is 3.48. The first kappa shape index (κ1) is 13.8. The molecule has 19 heavy (non-hydrogen) atoms. The van der Waals surface area contributed by atoms with E-state index in [1.54, 1.807) is 6.07 Å². The summed E-state index contributed by atoms with van der Waals surface area (Å²) in [5, 5.41) is 0. The number of fused-ring (bicyclic) bond motifs is 1. The number of nitrogen functional groups attached to an aromatic ring is 1. The molecule has 5 heteroatoms. The van der Waals surface area contributed by atoms with Crippen LogP contribution < -0.4 is 11.5 Å².